The summed E-state index contributed by atoms with van der Waals surface area (Å²) in [5.74, 6) is 0.284. The molecule has 178 valence electrons. The number of hydrogen-bond donors (Lipinski definition) is 0. The molecular formula is C28H22ClF2NO3. The number of aromatic nitrogens is 1. The summed E-state index contributed by atoms with van der Waals surface area (Å²) in [5, 5.41) is 0.503. The second kappa shape index (κ2) is 11.6. The van der Waals surface area contributed by atoms with Gasteiger partial charge in [0.05, 0.1) is 6.42 Å². The van der Waals surface area contributed by atoms with Crippen molar-refractivity contribution in [3.05, 3.63) is 113 Å². The molecule has 0 unspecified atom stereocenters. The van der Waals surface area contributed by atoms with Gasteiger partial charge in [0.1, 0.15) is 11.5 Å². The molecule has 0 aliphatic rings. The van der Waals surface area contributed by atoms with Crippen LogP contribution in [0.3, 0.4) is 0 Å². The van der Waals surface area contributed by atoms with Crippen molar-refractivity contribution in [1.82, 2.24) is 4.98 Å². The zero-order chi connectivity index (χ0) is 24.6. The Morgan fingerprint density at radius 1 is 0.914 bits per heavy atom. The lowest BCUT2D eigenvalue weighted by Crippen LogP contribution is -2.09. The Balaban J connectivity index is 1.42. The molecule has 1 aromatic heterocycles. The summed E-state index contributed by atoms with van der Waals surface area (Å²) in [6.45, 7) is -2.93. The fraction of sp³-hybridized carbons (Fsp3) is 0.143. The van der Waals surface area contributed by atoms with Crippen LogP contribution in [0.25, 0.3) is 11.1 Å². The van der Waals surface area contributed by atoms with Crippen molar-refractivity contribution in [2.75, 3.05) is 0 Å². The number of pyridine rings is 1. The van der Waals surface area contributed by atoms with Crippen LogP contribution in [0, 0.1) is 0 Å². The lowest BCUT2D eigenvalue weighted by Gasteiger charge is -2.13. The van der Waals surface area contributed by atoms with E-state index in [0.29, 0.717) is 34.7 Å². The van der Waals surface area contributed by atoms with Crippen molar-refractivity contribution < 1.29 is 23.0 Å². The maximum atomic E-state index is 12.9. The Bertz CT molecular complexity index is 1280. The number of aryl methyl sites for hydroxylation is 1. The van der Waals surface area contributed by atoms with E-state index in [9.17, 15) is 13.6 Å². The SMILES string of the molecule is O=C(CCc1ccc(Cc2ccc(OC(F)F)c(-c3cccc(Cl)c3)c2)cn1)Oc1ccccc1. The molecule has 3 aromatic carbocycles. The van der Waals surface area contributed by atoms with E-state index in [1.165, 1.54) is 6.07 Å². The molecule has 4 nitrogen and oxygen atoms in total. The first kappa shape index (κ1) is 24.4. The number of benzene rings is 3. The van der Waals surface area contributed by atoms with Gasteiger partial charge in [-0.1, -0.05) is 54.1 Å². The van der Waals surface area contributed by atoms with Gasteiger partial charge in [-0.2, -0.15) is 8.78 Å². The topological polar surface area (TPSA) is 48.4 Å². The first-order valence-corrected chi connectivity index (χ1v) is 11.4. The largest absolute Gasteiger partial charge is 0.434 e. The van der Waals surface area contributed by atoms with E-state index in [4.69, 9.17) is 21.1 Å². The maximum absolute atomic E-state index is 12.9. The second-order valence-electron chi connectivity index (χ2n) is 7.84. The van der Waals surface area contributed by atoms with Crippen LogP contribution in [0.1, 0.15) is 23.2 Å². The Kier molecular flexibility index (Phi) is 8.06. The van der Waals surface area contributed by atoms with Crippen LogP contribution in [0.15, 0.2) is 91.1 Å². The van der Waals surface area contributed by atoms with Crippen molar-refractivity contribution >= 4 is 17.6 Å². The molecule has 0 aliphatic carbocycles. The van der Waals surface area contributed by atoms with E-state index in [0.717, 1.165) is 16.8 Å². The van der Waals surface area contributed by atoms with Gasteiger partial charge in [-0.3, -0.25) is 9.78 Å². The van der Waals surface area contributed by atoms with Gasteiger partial charge in [0.2, 0.25) is 0 Å². The van der Waals surface area contributed by atoms with Gasteiger partial charge in [0.15, 0.2) is 0 Å². The summed E-state index contributed by atoms with van der Waals surface area (Å²) in [6.07, 6.45) is 2.98. The van der Waals surface area contributed by atoms with Crippen LogP contribution < -0.4 is 9.47 Å². The third-order valence-electron chi connectivity index (χ3n) is 5.25. The Hall–Kier alpha value is -3.77. The average molecular weight is 494 g/mol. The summed E-state index contributed by atoms with van der Waals surface area (Å²) in [6, 6.07) is 24.8. The monoisotopic (exact) mass is 493 g/mol. The van der Waals surface area contributed by atoms with Crippen molar-refractivity contribution in [1.29, 1.82) is 0 Å². The molecule has 1 heterocycles. The molecule has 0 spiro atoms. The summed E-state index contributed by atoms with van der Waals surface area (Å²) >= 11 is 6.10. The van der Waals surface area contributed by atoms with E-state index in [1.54, 1.807) is 60.8 Å². The van der Waals surface area contributed by atoms with Crippen LogP contribution in [0.2, 0.25) is 5.02 Å². The molecule has 0 saturated heterocycles. The Labute approximate surface area is 207 Å². The van der Waals surface area contributed by atoms with Crippen LogP contribution in [0.5, 0.6) is 11.5 Å². The van der Waals surface area contributed by atoms with Crippen LogP contribution >= 0.6 is 11.6 Å². The maximum Gasteiger partial charge on any atom is 0.387 e. The number of para-hydroxylation sites is 1. The predicted molar refractivity (Wildman–Crippen MR) is 131 cm³/mol. The van der Waals surface area contributed by atoms with Gasteiger partial charge >= 0.3 is 12.6 Å². The number of hydrogen-bond acceptors (Lipinski definition) is 4. The quantitative estimate of drug-likeness (QED) is 0.184. The second-order valence-corrected chi connectivity index (χ2v) is 8.28. The molecule has 0 bridgehead atoms. The van der Waals surface area contributed by atoms with Gasteiger partial charge in [-0.25, -0.2) is 0 Å². The number of carbonyl (C=O) groups is 1. The molecule has 0 atom stereocenters. The highest BCUT2D eigenvalue weighted by molar-refractivity contribution is 6.30. The third-order valence-corrected chi connectivity index (χ3v) is 5.49. The highest BCUT2D eigenvalue weighted by Gasteiger charge is 2.13. The van der Waals surface area contributed by atoms with E-state index < -0.39 is 6.61 Å². The number of ether oxygens (including phenoxy) is 2. The first-order valence-electron chi connectivity index (χ1n) is 11.0. The fourth-order valence-corrected chi connectivity index (χ4v) is 3.80. The number of carbonyl (C=O) groups excluding carboxylic acids is 1. The zero-order valence-electron chi connectivity index (χ0n) is 18.7. The molecule has 4 rings (SSSR count). The molecule has 0 fully saturated rings. The van der Waals surface area contributed by atoms with E-state index >= 15 is 0 Å². The lowest BCUT2D eigenvalue weighted by atomic mass is 9.98. The number of alkyl halides is 2. The standard InChI is InChI=1S/C28H22ClF2NO3/c29-22-6-4-5-21(17-22)25-16-19(10-13-26(25)35-28(30)31)15-20-9-11-23(32-18-20)12-14-27(33)34-24-7-2-1-3-8-24/h1-11,13,16-18,28H,12,14-15H2. The Morgan fingerprint density at radius 2 is 1.71 bits per heavy atom. The summed E-state index contributed by atoms with van der Waals surface area (Å²) in [4.78, 5) is 16.5. The van der Waals surface area contributed by atoms with Crippen molar-refractivity contribution in [3.63, 3.8) is 0 Å². The number of esters is 1. The molecule has 35 heavy (non-hydrogen) atoms. The van der Waals surface area contributed by atoms with Crippen molar-refractivity contribution in [2.24, 2.45) is 0 Å². The van der Waals surface area contributed by atoms with Crippen molar-refractivity contribution in [3.8, 4) is 22.6 Å². The van der Waals surface area contributed by atoms with E-state index in [-0.39, 0.29) is 18.1 Å². The van der Waals surface area contributed by atoms with Gasteiger partial charge in [0, 0.05) is 28.9 Å². The molecule has 0 saturated carbocycles. The van der Waals surface area contributed by atoms with E-state index in [2.05, 4.69) is 4.98 Å². The molecule has 0 N–H and O–H groups in total. The minimum atomic E-state index is -2.93. The normalized spacial score (nSPS) is 10.9. The smallest absolute Gasteiger partial charge is 0.387 e. The average Bonchev–Trinajstić information content (AvgIpc) is 2.85. The van der Waals surface area contributed by atoms with E-state index in [1.807, 2.05) is 24.3 Å². The predicted octanol–water partition coefficient (Wildman–Crippen LogP) is 7.13. The van der Waals surface area contributed by atoms with Crippen LogP contribution in [0.4, 0.5) is 8.78 Å². The summed E-state index contributed by atoms with van der Waals surface area (Å²) < 4.78 is 35.8. The number of nitrogens with zero attached hydrogens (tertiary/aromatic N) is 1. The fourth-order valence-electron chi connectivity index (χ4n) is 3.61. The van der Waals surface area contributed by atoms with Gasteiger partial charge in [0.25, 0.3) is 0 Å². The molecule has 0 amide bonds. The summed E-state index contributed by atoms with van der Waals surface area (Å²) in [7, 11) is 0. The molecular weight excluding hydrogens is 472 g/mol. The Morgan fingerprint density at radius 3 is 2.43 bits per heavy atom. The number of halogens is 3. The highest BCUT2D eigenvalue weighted by Crippen LogP contribution is 2.34. The van der Waals surface area contributed by atoms with Gasteiger partial charge in [-0.15, -0.1) is 0 Å². The van der Waals surface area contributed by atoms with Gasteiger partial charge in [-0.05, 0) is 65.6 Å². The van der Waals surface area contributed by atoms with Gasteiger partial charge < -0.3 is 9.47 Å². The third kappa shape index (κ3) is 7.11. The van der Waals surface area contributed by atoms with Crippen LogP contribution in [-0.4, -0.2) is 17.6 Å². The minimum Gasteiger partial charge on any atom is -0.434 e. The molecule has 0 radical (unpaired) electrons. The summed E-state index contributed by atoms with van der Waals surface area (Å²) in [5.41, 5.74) is 3.85. The molecule has 0 aliphatic heterocycles. The molecule has 4 aromatic rings. The minimum absolute atomic E-state index is 0.0851. The highest BCUT2D eigenvalue weighted by atomic mass is 35.5. The van der Waals surface area contributed by atoms with Crippen molar-refractivity contribution in [2.45, 2.75) is 25.9 Å². The van der Waals surface area contributed by atoms with Crippen LogP contribution in [-0.2, 0) is 17.6 Å². The zero-order valence-corrected chi connectivity index (χ0v) is 19.4. The number of rotatable bonds is 9. The first-order chi connectivity index (χ1) is 17.0. The lowest BCUT2D eigenvalue weighted by molar-refractivity contribution is -0.134. The molecule has 7 heteroatoms.